The van der Waals surface area contributed by atoms with Crippen LogP contribution in [0.25, 0.3) is 10.8 Å². The first kappa shape index (κ1) is 21.1. The van der Waals surface area contributed by atoms with Gasteiger partial charge in [0.1, 0.15) is 6.54 Å². The summed E-state index contributed by atoms with van der Waals surface area (Å²) in [6.07, 6.45) is 0. The molecule has 1 N–H and O–H groups in total. The molecule has 0 aliphatic heterocycles. The molecule has 0 radical (unpaired) electrons. The molecule has 0 aliphatic rings. The molecule has 0 atom stereocenters. The lowest BCUT2D eigenvalue weighted by Crippen LogP contribution is -2.38. The number of fused-ring (bicyclic) bond motifs is 1. The van der Waals surface area contributed by atoms with Crippen molar-refractivity contribution in [3.63, 3.8) is 0 Å². The van der Waals surface area contributed by atoms with E-state index >= 15 is 0 Å². The van der Waals surface area contributed by atoms with Crippen LogP contribution in [-0.4, -0.2) is 20.9 Å². The molecular formula is C24H19BrN2O3S. The maximum Gasteiger partial charge on any atom is 0.264 e. The summed E-state index contributed by atoms with van der Waals surface area (Å²) in [5, 5.41) is 4.74. The summed E-state index contributed by atoms with van der Waals surface area (Å²) in [6, 6.07) is 28.2. The van der Waals surface area contributed by atoms with E-state index in [4.69, 9.17) is 0 Å². The van der Waals surface area contributed by atoms with Crippen molar-refractivity contribution in [1.82, 2.24) is 0 Å². The van der Waals surface area contributed by atoms with Crippen molar-refractivity contribution >= 4 is 54.0 Å². The average molecular weight is 495 g/mol. The molecule has 0 unspecified atom stereocenters. The second kappa shape index (κ2) is 8.91. The van der Waals surface area contributed by atoms with E-state index < -0.39 is 15.9 Å². The monoisotopic (exact) mass is 494 g/mol. The van der Waals surface area contributed by atoms with E-state index in [0.717, 1.165) is 19.6 Å². The standard InChI is InChI=1S/C24H19BrN2O3S/c25-19-13-15-20(16-14-19)27(31(29,30)21-9-2-1-3-10-21)17-24(28)26-23-12-6-8-18-7-4-5-11-22(18)23/h1-16H,17H2,(H,26,28). The molecule has 0 aliphatic carbocycles. The highest BCUT2D eigenvalue weighted by Crippen LogP contribution is 2.26. The number of benzene rings is 4. The van der Waals surface area contributed by atoms with Crippen molar-refractivity contribution in [1.29, 1.82) is 0 Å². The van der Waals surface area contributed by atoms with Crippen LogP contribution in [0.4, 0.5) is 11.4 Å². The smallest absolute Gasteiger partial charge is 0.264 e. The van der Waals surface area contributed by atoms with E-state index in [1.807, 2.05) is 36.4 Å². The lowest BCUT2D eigenvalue weighted by atomic mass is 10.1. The van der Waals surface area contributed by atoms with E-state index in [0.29, 0.717) is 11.4 Å². The number of hydrogen-bond donors (Lipinski definition) is 1. The molecule has 4 aromatic rings. The van der Waals surface area contributed by atoms with Gasteiger partial charge >= 0.3 is 0 Å². The number of sulfonamides is 1. The fourth-order valence-electron chi connectivity index (χ4n) is 3.30. The second-order valence-corrected chi connectivity index (χ2v) is 9.65. The Kier molecular flexibility index (Phi) is 6.06. The number of nitrogens with one attached hydrogen (secondary N) is 1. The Hall–Kier alpha value is -3.16. The maximum absolute atomic E-state index is 13.4. The number of carbonyl (C=O) groups is 1. The third-order valence-electron chi connectivity index (χ3n) is 4.80. The maximum atomic E-state index is 13.4. The molecule has 4 aromatic carbocycles. The molecule has 0 fully saturated rings. The molecule has 0 aromatic heterocycles. The van der Waals surface area contributed by atoms with Gasteiger partial charge in [-0.1, -0.05) is 70.5 Å². The van der Waals surface area contributed by atoms with E-state index in [9.17, 15) is 13.2 Å². The summed E-state index contributed by atoms with van der Waals surface area (Å²) in [7, 11) is -3.94. The van der Waals surface area contributed by atoms with Crippen LogP contribution in [0.5, 0.6) is 0 Å². The Balaban J connectivity index is 1.67. The molecule has 4 rings (SSSR count). The van der Waals surface area contributed by atoms with Crippen LogP contribution in [0.15, 0.2) is 106 Å². The predicted molar refractivity (Wildman–Crippen MR) is 128 cm³/mol. The summed E-state index contributed by atoms with van der Waals surface area (Å²) in [4.78, 5) is 13.1. The van der Waals surface area contributed by atoms with Gasteiger partial charge in [-0.3, -0.25) is 9.10 Å². The molecule has 0 bridgehead atoms. The molecule has 156 valence electrons. The zero-order chi connectivity index (χ0) is 21.8. The number of nitrogens with zero attached hydrogens (tertiary/aromatic N) is 1. The lowest BCUT2D eigenvalue weighted by molar-refractivity contribution is -0.114. The topological polar surface area (TPSA) is 66.5 Å². The molecule has 7 heteroatoms. The molecule has 5 nitrogen and oxygen atoms in total. The third-order valence-corrected chi connectivity index (χ3v) is 7.11. The Morgan fingerprint density at radius 2 is 1.45 bits per heavy atom. The summed E-state index contributed by atoms with van der Waals surface area (Å²) in [5.41, 5.74) is 1.04. The van der Waals surface area contributed by atoms with Crippen LogP contribution in [0.2, 0.25) is 0 Å². The molecule has 0 saturated heterocycles. The Morgan fingerprint density at radius 1 is 0.806 bits per heavy atom. The normalized spacial score (nSPS) is 11.3. The minimum atomic E-state index is -3.94. The quantitative estimate of drug-likeness (QED) is 0.388. The van der Waals surface area contributed by atoms with Gasteiger partial charge in [0.2, 0.25) is 5.91 Å². The SMILES string of the molecule is O=C(CN(c1ccc(Br)cc1)S(=O)(=O)c1ccccc1)Nc1cccc2ccccc12. The van der Waals surface area contributed by atoms with Gasteiger partial charge < -0.3 is 5.32 Å². The lowest BCUT2D eigenvalue weighted by Gasteiger charge is -2.24. The number of amides is 1. The van der Waals surface area contributed by atoms with Gasteiger partial charge in [-0.2, -0.15) is 0 Å². The summed E-state index contributed by atoms with van der Waals surface area (Å²) >= 11 is 3.36. The zero-order valence-electron chi connectivity index (χ0n) is 16.4. The van der Waals surface area contributed by atoms with Gasteiger partial charge in [-0.05, 0) is 47.9 Å². The number of rotatable bonds is 6. The van der Waals surface area contributed by atoms with Crippen LogP contribution < -0.4 is 9.62 Å². The van der Waals surface area contributed by atoms with Crippen LogP contribution >= 0.6 is 15.9 Å². The number of halogens is 1. The second-order valence-electron chi connectivity index (χ2n) is 6.88. The molecule has 0 spiro atoms. The number of carbonyl (C=O) groups excluding carboxylic acids is 1. The Bertz CT molecular complexity index is 1320. The molecule has 1 amide bonds. The fourth-order valence-corrected chi connectivity index (χ4v) is 5.00. The van der Waals surface area contributed by atoms with Crippen molar-refractivity contribution in [3.8, 4) is 0 Å². The molecular weight excluding hydrogens is 476 g/mol. The van der Waals surface area contributed by atoms with Crippen molar-refractivity contribution in [2.75, 3.05) is 16.2 Å². The van der Waals surface area contributed by atoms with Crippen molar-refractivity contribution in [3.05, 3.63) is 102 Å². The molecule has 0 saturated carbocycles. The first-order chi connectivity index (χ1) is 14.9. The first-order valence-corrected chi connectivity index (χ1v) is 11.8. The van der Waals surface area contributed by atoms with Gasteiger partial charge in [-0.15, -0.1) is 0 Å². The summed E-state index contributed by atoms with van der Waals surface area (Å²) in [6.45, 7) is -0.359. The Morgan fingerprint density at radius 3 is 2.19 bits per heavy atom. The fraction of sp³-hybridized carbons (Fsp3) is 0.0417. The molecule has 31 heavy (non-hydrogen) atoms. The van der Waals surface area contributed by atoms with Crippen LogP contribution in [0.1, 0.15) is 0 Å². The highest BCUT2D eigenvalue weighted by atomic mass is 79.9. The molecule has 0 heterocycles. The minimum absolute atomic E-state index is 0.121. The largest absolute Gasteiger partial charge is 0.324 e. The van der Waals surface area contributed by atoms with E-state index in [2.05, 4.69) is 21.2 Å². The van der Waals surface area contributed by atoms with E-state index in [-0.39, 0.29) is 11.4 Å². The Labute approximate surface area is 189 Å². The van der Waals surface area contributed by atoms with Crippen LogP contribution in [-0.2, 0) is 14.8 Å². The number of hydrogen-bond acceptors (Lipinski definition) is 3. The van der Waals surface area contributed by atoms with Crippen molar-refractivity contribution < 1.29 is 13.2 Å². The van der Waals surface area contributed by atoms with E-state index in [1.54, 1.807) is 48.5 Å². The average Bonchev–Trinajstić information content (AvgIpc) is 2.79. The van der Waals surface area contributed by atoms with Crippen molar-refractivity contribution in [2.24, 2.45) is 0 Å². The predicted octanol–water partition coefficient (Wildman–Crippen LogP) is 5.44. The van der Waals surface area contributed by atoms with Gasteiger partial charge in [0, 0.05) is 15.5 Å². The first-order valence-electron chi connectivity index (χ1n) is 9.56. The van der Waals surface area contributed by atoms with Crippen molar-refractivity contribution in [2.45, 2.75) is 4.90 Å². The zero-order valence-corrected chi connectivity index (χ0v) is 18.8. The number of anilines is 2. The van der Waals surface area contributed by atoms with Gasteiger partial charge in [0.15, 0.2) is 0 Å². The highest BCUT2D eigenvalue weighted by molar-refractivity contribution is 9.10. The summed E-state index contributed by atoms with van der Waals surface area (Å²) in [5.74, 6) is -0.432. The van der Waals surface area contributed by atoms with Gasteiger partial charge in [0.05, 0.1) is 10.6 Å². The van der Waals surface area contributed by atoms with Gasteiger partial charge in [-0.25, -0.2) is 8.42 Å². The minimum Gasteiger partial charge on any atom is -0.324 e. The highest BCUT2D eigenvalue weighted by Gasteiger charge is 2.27. The van der Waals surface area contributed by atoms with Crippen LogP contribution in [0.3, 0.4) is 0 Å². The summed E-state index contributed by atoms with van der Waals surface area (Å²) < 4.78 is 28.6. The third kappa shape index (κ3) is 4.62. The van der Waals surface area contributed by atoms with Gasteiger partial charge in [0.25, 0.3) is 10.0 Å². The van der Waals surface area contributed by atoms with Crippen LogP contribution in [0, 0.1) is 0 Å². The van der Waals surface area contributed by atoms with E-state index in [1.165, 1.54) is 12.1 Å².